The zero-order valence-electron chi connectivity index (χ0n) is 16.6. The Morgan fingerprint density at radius 2 is 2.00 bits per heavy atom. The summed E-state index contributed by atoms with van der Waals surface area (Å²) in [6.45, 7) is 11.1. The first-order valence-corrected chi connectivity index (χ1v) is 9.79. The molecule has 144 valence electrons. The second-order valence-corrected chi connectivity index (χ2v) is 7.50. The van der Waals surface area contributed by atoms with Gasteiger partial charge in [-0.2, -0.15) is 0 Å². The molecule has 0 radical (unpaired) electrons. The molecular formula is C21H33N3O2. The number of amides is 2. The zero-order valence-corrected chi connectivity index (χ0v) is 16.6. The molecule has 1 heterocycles. The van der Waals surface area contributed by atoms with Crippen LogP contribution in [0.25, 0.3) is 0 Å². The predicted molar refractivity (Wildman–Crippen MR) is 105 cm³/mol. The third-order valence-corrected chi connectivity index (χ3v) is 5.01. The van der Waals surface area contributed by atoms with Gasteiger partial charge in [-0.25, -0.2) is 0 Å². The molecule has 1 fully saturated rings. The van der Waals surface area contributed by atoms with E-state index in [1.54, 1.807) is 0 Å². The molecule has 1 saturated heterocycles. The Bertz CT molecular complexity index is 598. The molecule has 2 amide bonds. The quantitative estimate of drug-likeness (QED) is 0.776. The second-order valence-electron chi connectivity index (χ2n) is 7.50. The molecule has 5 heteroatoms. The van der Waals surface area contributed by atoms with E-state index in [2.05, 4.69) is 48.3 Å². The summed E-state index contributed by atoms with van der Waals surface area (Å²) in [4.78, 5) is 29.4. The molecule has 0 bridgehead atoms. The van der Waals surface area contributed by atoms with E-state index in [-0.39, 0.29) is 30.3 Å². The molecule has 1 aliphatic rings. The van der Waals surface area contributed by atoms with Crippen molar-refractivity contribution in [3.8, 4) is 0 Å². The second kappa shape index (κ2) is 9.72. The van der Waals surface area contributed by atoms with Crippen LogP contribution in [0.2, 0.25) is 0 Å². The van der Waals surface area contributed by atoms with Crippen LogP contribution in [0.1, 0.15) is 51.2 Å². The molecule has 0 aliphatic carbocycles. The number of aryl methyl sites for hydroxylation is 1. The monoisotopic (exact) mass is 359 g/mol. The number of benzene rings is 1. The fourth-order valence-electron chi connectivity index (χ4n) is 3.38. The summed E-state index contributed by atoms with van der Waals surface area (Å²) in [7, 11) is 0. The molecule has 1 N–H and O–H groups in total. The van der Waals surface area contributed by atoms with Crippen molar-refractivity contribution in [2.24, 2.45) is 0 Å². The highest BCUT2D eigenvalue weighted by molar-refractivity contribution is 5.89. The summed E-state index contributed by atoms with van der Waals surface area (Å²) < 4.78 is 0. The molecule has 2 rings (SSSR count). The molecular weight excluding hydrogens is 326 g/mol. The molecule has 0 spiro atoms. The van der Waals surface area contributed by atoms with Crippen LogP contribution < -0.4 is 5.32 Å². The van der Waals surface area contributed by atoms with Gasteiger partial charge in [-0.3, -0.25) is 14.5 Å². The van der Waals surface area contributed by atoms with E-state index in [4.69, 9.17) is 0 Å². The molecule has 0 aromatic heterocycles. The van der Waals surface area contributed by atoms with Crippen LogP contribution in [-0.2, 0) is 16.1 Å². The number of carbonyl (C=O) groups excluding carboxylic acids is 2. The van der Waals surface area contributed by atoms with Crippen LogP contribution in [0.15, 0.2) is 24.3 Å². The third-order valence-electron chi connectivity index (χ3n) is 5.01. The van der Waals surface area contributed by atoms with E-state index in [1.165, 1.54) is 11.1 Å². The number of hydrogen-bond acceptors (Lipinski definition) is 3. The van der Waals surface area contributed by atoms with E-state index >= 15 is 0 Å². The zero-order chi connectivity index (χ0) is 19.1. The van der Waals surface area contributed by atoms with Gasteiger partial charge in [0.1, 0.15) is 0 Å². The first kappa shape index (κ1) is 20.4. The third kappa shape index (κ3) is 5.56. The van der Waals surface area contributed by atoms with Gasteiger partial charge >= 0.3 is 0 Å². The van der Waals surface area contributed by atoms with E-state index in [9.17, 15) is 9.59 Å². The van der Waals surface area contributed by atoms with Crippen LogP contribution in [0.5, 0.6) is 0 Å². The van der Waals surface area contributed by atoms with Crippen molar-refractivity contribution in [3.63, 3.8) is 0 Å². The minimum Gasteiger partial charge on any atom is -0.353 e. The SMILES string of the molecule is CCCCN(C(=O)C[C@@H]1C(=O)NCCN1Cc1ccc(C)cc1)C(C)C. The lowest BCUT2D eigenvalue weighted by Gasteiger charge is -2.36. The van der Waals surface area contributed by atoms with Crippen LogP contribution in [0.4, 0.5) is 0 Å². The van der Waals surface area contributed by atoms with Gasteiger partial charge < -0.3 is 10.2 Å². The van der Waals surface area contributed by atoms with Crippen LogP contribution in [0, 0.1) is 6.92 Å². The van der Waals surface area contributed by atoms with E-state index < -0.39 is 0 Å². The van der Waals surface area contributed by atoms with Crippen molar-refractivity contribution < 1.29 is 9.59 Å². The summed E-state index contributed by atoms with van der Waals surface area (Å²) in [6.07, 6.45) is 2.30. The average molecular weight is 360 g/mol. The molecule has 1 atom stereocenters. The lowest BCUT2D eigenvalue weighted by atomic mass is 10.0. The van der Waals surface area contributed by atoms with Gasteiger partial charge in [0, 0.05) is 32.2 Å². The maximum absolute atomic E-state index is 12.9. The Labute approximate surface area is 157 Å². The number of rotatable bonds is 8. The number of hydrogen-bond donors (Lipinski definition) is 1. The Morgan fingerprint density at radius 1 is 1.31 bits per heavy atom. The number of piperazine rings is 1. The highest BCUT2D eigenvalue weighted by Gasteiger charge is 2.33. The highest BCUT2D eigenvalue weighted by atomic mass is 16.2. The molecule has 5 nitrogen and oxygen atoms in total. The average Bonchev–Trinajstić information content (AvgIpc) is 2.60. The largest absolute Gasteiger partial charge is 0.353 e. The number of carbonyl (C=O) groups is 2. The van der Waals surface area contributed by atoms with Crippen molar-refractivity contribution in [1.82, 2.24) is 15.1 Å². The molecule has 0 unspecified atom stereocenters. The smallest absolute Gasteiger partial charge is 0.237 e. The number of nitrogens with zero attached hydrogens (tertiary/aromatic N) is 2. The molecule has 1 aliphatic heterocycles. The van der Waals surface area contributed by atoms with Crippen molar-refractivity contribution in [2.45, 2.75) is 65.6 Å². The van der Waals surface area contributed by atoms with E-state index in [0.717, 1.165) is 25.9 Å². The standard InChI is InChI=1S/C21H33N3O2/c1-5-6-12-24(16(2)3)20(25)14-19-21(26)22-11-13-23(19)15-18-9-7-17(4)8-10-18/h7-10,16,19H,5-6,11-15H2,1-4H3,(H,22,26)/t19-/m1/s1. The number of unbranched alkanes of at least 4 members (excludes halogenated alkanes) is 1. The first-order valence-electron chi connectivity index (χ1n) is 9.79. The minimum absolute atomic E-state index is 0.0316. The summed E-state index contributed by atoms with van der Waals surface area (Å²) >= 11 is 0. The Morgan fingerprint density at radius 3 is 2.62 bits per heavy atom. The van der Waals surface area contributed by atoms with Crippen LogP contribution in [-0.4, -0.2) is 53.3 Å². The van der Waals surface area contributed by atoms with Crippen molar-refractivity contribution in [2.75, 3.05) is 19.6 Å². The van der Waals surface area contributed by atoms with Gasteiger partial charge in [-0.05, 0) is 32.8 Å². The summed E-state index contributed by atoms with van der Waals surface area (Å²) in [6, 6.07) is 8.15. The summed E-state index contributed by atoms with van der Waals surface area (Å²) in [5.74, 6) is 0.0420. The maximum atomic E-state index is 12.9. The molecule has 1 aromatic carbocycles. The fourth-order valence-corrected chi connectivity index (χ4v) is 3.38. The van der Waals surface area contributed by atoms with E-state index in [1.807, 2.05) is 18.7 Å². The van der Waals surface area contributed by atoms with Crippen LogP contribution in [0.3, 0.4) is 0 Å². The Kier molecular flexibility index (Phi) is 7.64. The summed E-state index contributed by atoms with van der Waals surface area (Å²) in [5.41, 5.74) is 2.40. The lowest BCUT2D eigenvalue weighted by molar-refractivity contribution is -0.140. The van der Waals surface area contributed by atoms with Crippen molar-refractivity contribution in [3.05, 3.63) is 35.4 Å². The van der Waals surface area contributed by atoms with E-state index in [0.29, 0.717) is 13.1 Å². The Balaban J connectivity index is 2.07. The molecule has 0 saturated carbocycles. The van der Waals surface area contributed by atoms with Crippen molar-refractivity contribution >= 4 is 11.8 Å². The van der Waals surface area contributed by atoms with Gasteiger partial charge in [-0.1, -0.05) is 43.2 Å². The van der Waals surface area contributed by atoms with Gasteiger partial charge in [0.25, 0.3) is 0 Å². The van der Waals surface area contributed by atoms with Gasteiger partial charge in [0.05, 0.1) is 12.5 Å². The van der Waals surface area contributed by atoms with Crippen molar-refractivity contribution in [1.29, 1.82) is 0 Å². The van der Waals surface area contributed by atoms with Gasteiger partial charge in [0.2, 0.25) is 11.8 Å². The molecule has 1 aromatic rings. The highest BCUT2D eigenvalue weighted by Crippen LogP contribution is 2.17. The lowest BCUT2D eigenvalue weighted by Crippen LogP contribution is -2.56. The summed E-state index contributed by atoms with van der Waals surface area (Å²) in [5, 5.41) is 2.92. The maximum Gasteiger partial charge on any atom is 0.237 e. The predicted octanol–water partition coefficient (Wildman–Crippen LogP) is 2.72. The normalized spacial score (nSPS) is 18.0. The fraction of sp³-hybridized carbons (Fsp3) is 0.619. The Hall–Kier alpha value is -1.88. The first-order chi connectivity index (χ1) is 12.4. The van der Waals surface area contributed by atoms with Gasteiger partial charge in [-0.15, -0.1) is 0 Å². The van der Waals surface area contributed by atoms with Gasteiger partial charge in [0.15, 0.2) is 0 Å². The molecule has 26 heavy (non-hydrogen) atoms. The van der Waals surface area contributed by atoms with Crippen LogP contribution >= 0.6 is 0 Å². The minimum atomic E-state index is -0.388. The topological polar surface area (TPSA) is 52.7 Å². The number of nitrogens with one attached hydrogen (secondary N) is 1.